The van der Waals surface area contributed by atoms with Crippen molar-refractivity contribution in [2.75, 3.05) is 26.7 Å². The first kappa shape index (κ1) is 18.9. The highest BCUT2D eigenvalue weighted by atomic mass is 19.2. The number of rotatable bonds is 4. The smallest absolute Gasteiger partial charge is 0.219 e. The summed E-state index contributed by atoms with van der Waals surface area (Å²) in [5, 5.41) is 0. The monoisotopic (exact) mass is 386 g/mol. The van der Waals surface area contributed by atoms with Crippen LogP contribution in [-0.4, -0.2) is 42.5 Å². The zero-order valence-electron chi connectivity index (χ0n) is 16.1. The number of amides is 1. The fourth-order valence-corrected chi connectivity index (χ4v) is 4.80. The summed E-state index contributed by atoms with van der Waals surface area (Å²) in [6, 6.07) is 12.6. The van der Waals surface area contributed by atoms with Crippen molar-refractivity contribution in [1.82, 2.24) is 9.80 Å². The molecule has 2 fully saturated rings. The summed E-state index contributed by atoms with van der Waals surface area (Å²) >= 11 is 0. The van der Waals surface area contributed by atoms with Gasteiger partial charge in [0, 0.05) is 44.6 Å². The minimum Gasteiger partial charge on any atom is -0.496 e. The predicted molar refractivity (Wildman–Crippen MR) is 102 cm³/mol. The summed E-state index contributed by atoms with van der Waals surface area (Å²) < 4.78 is 33.3. The number of carbonyl (C=O) groups is 1. The summed E-state index contributed by atoms with van der Waals surface area (Å²) in [7, 11) is 1.46. The number of benzene rings is 2. The van der Waals surface area contributed by atoms with Gasteiger partial charge in [0.1, 0.15) is 5.75 Å². The van der Waals surface area contributed by atoms with Gasteiger partial charge >= 0.3 is 0 Å². The highest BCUT2D eigenvalue weighted by molar-refractivity contribution is 5.74. The summed E-state index contributed by atoms with van der Waals surface area (Å²) in [4.78, 5) is 16.3. The quantitative estimate of drug-likeness (QED) is 0.805. The molecule has 2 aromatic rings. The molecule has 2 aromatic carbocycles. The third-order valence-corrected chi connectivity index (χ3v) is 6.04. The normalized spacial score (nSPS) is 24.4. The van der Waals surface area contributed by atoms with Gasteiger partial charge < -0.3 is 9.64 Å². The SMILES string of the molecule is COc1ccc(F)c(F)c1CN1C[C@@H]2CN(C(C)=O)[C@H](c3ccccc3)[C@@H]2C1. The second-order valence-corrected chi connectivity index (χ2v) is 7.69. The standard InChI is InChI=1S/C22H24F2N2O2/c1-14(27)26-11-16-10-25(12-17(16)22(26)15-6-4-3-5-7-15)13-18-20(28-2)9-8-19(23)21(18)24/h3-9,16-17,22H,10-13H2,1-2H3/t16-,17-,22-/m1/s1. The molecule has 0 saturated carbocycles. The molecule has 0 N–H and O–H groups in total. The third-order valence-electron chi connectivity index (χ3n) is 6.04. The minimum atomic E-state index is -0.861. The number of halogens is 2. The Hall–Kier alpha value is -2.47. The largest absolute Gasteiger partial charge is 0.496 e. The van der Waals surface area contributed by atoms with Crippen LogP contribution in [0.15, 0.2) is 42.5 Å². The number of hydrogen-bond donors (Lipinski definition) is 0. The molecular formula is C22H24F2N2O2. The molecule has 3 atom stereocenters. The number of methoxy groups -OCH3 is 1. The lowest BCUT2D eigenvalue weighted by Crippen LogP contribution is -2.34. The Morgan fingerprint density at radius 2 is 1.86 bits per heavy atom. The van der Waals surface area contributed by atoms with E-state index in [9.17, 15) is 13.6 Å². The third kappa shape index (κ3) is 3.26. The molecule has 4 nitrogen and oxygen atoms in total. The Bertz CT molecular complexity index is 874. The number of nitrogens with zero attached hydrogens (tertiary/aromatic N) is 2. The summed E-state index contributed by atoms with van der Waals surface area (Å²) in [5.74, 6) is -0.680. The molecule has 148 valence electrons. The molecule has 2 aliphatic heterocycles. The summed E-state index contributed by atoms with van der Waals surface area (Å²) in [6.45, 7) is 4.08. The maximum absolute atomic E-state index is 14.4. The van der Waals surface area contributed by atoms with E-state index >= 15 is 0 Å². The first-order valence-electron chi connectivity index (χ1n) is 9.55. The van der Waals surface area contributed by atoms with Gasteiger partial charge in [0.2, 0.25) is 5.91 Å². The van der Waals surface area contributed by atoms with Crippen LogP contribution >= 0.6 is 0 Å². The van der Waals surface area contributed by atoms with Crippen molar-refractivity contribution in [2.45, 2.75) is 19.5 Å². The lowest BCUT2D eigenvalue weighted by atomic mass is 9.89. The van der Waals surface area contributed by atoms with E-state index in [1.165, 1.54) is 13.2 Å². The van der Waals surface area contributed by atoms with Crippen LogP contribution in [0.1, 0.15) is 24.1 Å². The number of carbonyl (C=O) groups excluding carboxylic acids is 1. The Morgan fingerprint density at radius 3 is 2.54 bits per heavy atom. The van der Waals surface area contributed by atoms with Crippen molar-refractivity contribution in [3.63, 3.8) is 0 Å². The molecule has 2 heterocycles. The van der Waals surface area contributed by atoms with E-state index in [0.717, 1.165) is 24.7 Å². The predicted octanol–water partition coefficient (Wildman–Crippen LogP) is 3.62. The van der Waals surface area contributed by atoms with Gasteiger partial charge in [-0.2, -0.15) is 0 Å². The summed E-state index contributed by atoms with van der Waals surface area (Å²) in [6.07, 6.45) is 0. The van der Waals surface area contributed by atoms with Crippen LogP contribution in [0.4, 0.5) is 8.78 Å². The maximum atomic E-state index is 14.4. The minimum absolute atomic E-state index is 0.0213. The van der Waals surface area contributed by atoms with Crippen molar-refractivity contribution in [3.8, 4) is 5.75 Å². The van der Waals surface area contributed by atoms with Gasteiger partial charge in [-0.1, -0.05) is 30.3 Å². The Labute approximate surface area is 163 Å². The Morgan fingerprint density at radius 1 is 1.11 bits per heavy atom. The van der Waals surface area contributed by atoms with E-state index in [0.29, 0.717) is 24.8 Å². The molecule has 0 radical (unpaired) electrons. The van der Waals surface area contributed by atoms with Gasteiger partial charge in [-0.05, 0) is 23.6 Å². The van der Waals surface area contributed by atoms with Gasteiger partial charge in [-0.3, -0.25) is 9.69 Å². The molecule has 0 bridgehead atoms. The van der Waals surface area contributed by atoms with E-state index in [4.69, 9.17) is 4.74 Å². The van der Waals surface area contributed by atoms with Crippen molar-refractivity contribution < 1.29 is 18.3 Å². The number of fused-ring (bicyclic) bond motifs is 1. The van der Waals surface area contributed by atoms with Crippen LogP contribution in [0.5, 0.6) is 5.75 Å². The second-order valence-electron chi connectivity index (χ2n) is 7.69. The lowest BCUT2D eigenvalue weighted by Gasteiger charge is -2.29. The van der Waals surface area contributed by atoms with Gasteiger partial charge in [0.25, 0.3) is 0 Å². The molecule has 0 aliphatic carbocycles. The van der Waals surface area contributed by atoms with Crippen LogP contribution in [0.3, 0.4) is 0 Å². The van der Waals surface area contributed by atoms with Crippen LogP contribution in [0.25, 0.3) is 0 Å². The number of likely N-dealkylation sites (tertiary alicyclic amines) is 2. The first-order chi connectivity index (χ1) is 13.5. The van der Waals surface area contributed by atoms with E-state index in [-0.39, 0.29) is 23.4 Å². The second kappa shape index (κ2) is 7.51. The molecule has 2 saturated heterocycles. The van der Waals surface area contributed by atoms with Crippen LogP contribution in [0, 0.1) is 23.5 Å². The molecule has 0 unspecified atom stereocenters. The zero-order chi connectivity index (χ0) is 19.8. The average molecular weight is 386 g/mol. The van der Waals surface area contributed by atoms with E-state index < -0.39 is 11.6 Å². The zero-order valence-corrected chi connectivity index (χ0v) is 16.1. The van der Waals surface area contributed by atoms with Crippen molar-refractivity contribution >= 4 is 5.91 Å². The Kier molecular flexibility index (Phi) is 5.06. The van der Waals surface area contributed by atoms with Crippen molar-refractivity contribution in [1.29, 1.82) is 0 Å². The Balaban J connectivity index is 1.57. The molecule has 1 amide bonds. The molecule has 6 heteroatoms. The van der Waals surface area contributed by atoms with Crippen LogP contribution in [-0.2, 0) is 11.3 Å². The van der Waals surface area contributed by atoms with E-state index in [1.54, 1.807) is 6.92 Å². The fraction of sp³-hybridized carbons (Fsp3) is 0.409. The lowest BCUT2D eigenvalue weighted by molar-refractivity contribution is -0.130. The fourth-order valence-electron chi connectivity index (χ4n) is 4.80. The first-order valence-corrected chi connectivity index (χ1v) is 9.55. The molecular weight excluding hydrogens is 362 g/mol. The van der Waals surface area contributed by atoms with E-state index in [1.807, 2.05) is 23.1 Å². The van der Waals surface area contributed by atoms with Crippen molar-refractivity contribution in [3.05, 3.63) is 65.2 Å². The molecule has 28 heavy (non-hydrogen) atoms. The van der Waals surface area contributed by atoms with Crippen LogP contribution in [0.2, 0.25) is 0 Å². The van der Waals surface area contributed by atoms with Gasteiger partial charge in [0.05, 0.1) is 13.2 Å². The molecule has 0 spiro atoms. The average Bonchev–Trinajstić information content (AvgIpc) is 3.23. The van der Waals surface area contributed by atoms with Crippen molar-refractivity contribution in [2.24, 2.45) is 11.8 Å². The van der Waals surface area contributed by atoms with Crippen LogP contribution < -0.4 is 4.74 Å². The topological polar surface area (TPSA) is 32.8 Å². The number of ether oxygens (including phenoxy) is 1. The highest BCUT2D eigenvalue weighted by Gasteiger charge is 2.48. The molecule has 2 aliphatic rings. The van der Waals surface area contributed by atoms with Gasteiger partial charge in [-0.25, -0.2) is 8.78 Å². The van der Waals surface area contributed by atoms with Gasteiger partial charge in [-0.15, -0.1) is 0 Å². The number of hydrogen-bond acceptors (Lipinski definition) is 3. The highest BCUT2D eigenvalue weighted by Crippen LogP contribution is 2.45. The van der Waals surface area contributed by atoms with Gasteiger partial charge in [0.15, 0.2) is 11.6 Å². The molecule has 0 aromatic heterocycles. The summed E-state index contributed by atoms with van der Waals surface area (Å²) in [5.41, 5.74) is 1.38. The molecule has 4 rings (SSSR count). The maximum Gasteiger partial charge on any atom is 0.219 e. The van der Waals surface area contributed by atoms with E-state index in [2.05, 4.69) is 17.0 Å².